The topological polar surface area (TPSA) is 92.8 Å². The number of nitrogens with one attached hydrogen (secondary N) is 1. The number of hydrogen-bond acceptors (Lipinski definition) is 5. The molecule has 0 unspecified atom stereocenters. The first-order valence-corrected chi connectivity index (χ1v) is 6.45. The molecule has 0 spiro atoms. The number of nitrogens with two attached hydrogens (primary N) is 1. The zero-order chi connectivity index (χ0) is 15.2. The molecule has 0 aliphatic heterocycles. The number of amidine groups is 1. The molecule has 0 radical (unpaired) electrons. The Morgan fingerprint density at radius 2 is 2.19 bits per heavy atom. The van der Waals surface area contributed by atoms with Gasteiger partial charge in [0.15, 0.2) is 5.84 Å². The van der Waals surface area contributed by atoms with Crippen LogP contribution in [0.2, 0.25) is 0 Å². The van der Waals surface area contributed by atoms with Crippen LogP contribution in [-0.4, -0.2) is 23.1 Å². The third-order valence-corrected chi connectivity index (χ3v) is 3.03. The van der Waals surface area contributed by atoms with Crippen molar-refractivity contribution in [2.75, 3.05) is 12.4 Å². The first-order valence-electron chi connectivity index (χ1n) is 6.45. The summed E-state index contributed by atoms with van der Waals surface area (Å²) in [5.41, 5.74) is 9.00. The van der Waals surface area contributed by atoms with Crippen molar-refractivity contribution in [2.45, 2.75) is 13.5 Å². The molecule has 2 rings (SSSR count). The van der Waals surface area contributed by atoms with Gasteiger partial charge >= 0.3 is 0 Å². The first-order chi connectivity index (χ1) is 10.1. The van der Waals surface area contributed by atoms with Crippen LogP contribution >= 0.6 is 0 Å². The minimum atomic E-state index is -0.00927. The molecule has 0 aliphatic rings. The molecule has 0 amide bonds. The van der Waals surface area contributed by atoms with Crippen LogP contribution in [0.1, 0.15) is 16.8 Å². The Balaban J connectivity index is 2.15. The summed E-state index contributed by atoms with van der Waals surface area (Å²) >= 11 is 0. The highest BCUT2D eigenvalue weighted by Gasteiger charge is 2.05. The number of anilines is 1. The molecule has 0 saturated heterocycles. The number of ether oxygens (including phenoxy) is 1. The van der Waals surface area contributed by atoms with Crippen LogP contribution in [0.5, 0.6) is 5.75 Å². The van der Waals surface area contributed by atoms with E-state index in [1.54, 1.807) is 19.4 Å². The summed E-state index contributed by atoms with van der Waals surface area (Å²) < 4.78 is 5.32. The van der Waals surface area contributed by atoms with Gasteiger partial charge in [0, 0.05) is 12.7 Å². The van der Waals surface area contributed by atoms with Crippen molar-refractivity contribution < 1.29 is 9.94 Å². The molecule has 4 N–H and O–H groups in total. The summed E-state index contributed by atoms with van der Waals surface area (Å²) in [4.78, 5) is 4.04. The predicted octanol–water partition coefficient (Wildman–Crippen LogP) is 2.11. The number of methoxy groups -OCH3 is 1. The molecular formula is C15H18N4O2. The van der Waals surface area contributed by atoms with Crippen LogP contribution in [0.15, 0.2) is 41.7 Å². The first kappa shape index (κ1) is 14.6. The molecule has 110 valence electrons. The van der Waals surface area contributed by atoms with Crippen LogP contribution in [0.25, 0.3) is 0 Å². The van der Waals surface area contributed by atoms with Gasteiger partial charge in [0.25, 0.3) is 0 Å². The fourth-order valence-electron chi connectivity index (χ4n) is 1.93. The predicted molar refractivity (Wildman–Crippen MR) is 81.8 cm³/mol. The van der Waals surface area contributed by atoms with E-state index >= 15 is 0 Å². The summed E-state index contributed by atoms with van der Waals surface area (Å²) in [6.45, 7) is 2.60. The van der Waals surface area contributed by atoms with Gasteiger partial charge in [-0.25, -0.2) is 0 Å². The quantitative estimate of drug-likeness (QED) is 0.339. The van der Waals surface area contributed by atoms with Crippen molar-refractivity contribution in [2.24, 2.45) is 10.9 Å². The number of pyridine rings is 1. The van der Waals surface area contributed by atoms with Crippen LogP contribution in [0.4, 0.5) is 5.69 Å². The van der Waals surface area contributed by atoms with Gasteiger partial charge in [-0.3, -0.25) is 4.98 Å². The maximum Gasteiger partial charge on any atom is 0.188 e. The van der Waals surface area contributed by atoms with Crippen LogP contribution < -0.4 is 15.8 Å². The zero-order valence-corrected chi connectivity index (χ0v) is 12.0. The molecule has 0 bridgehead atoms. The second-order valence-corrected chi connectivity index (χ2v) is 4.59. The van der Waals surface area contributed by atoms with Gasteiger partial charge in [0.05, 0.1) is 12.8 Å². The summed E-state index contributed by atoms with van der Waals surface area (Å²) in [7, 11) is 1.64. The standard InChI is InChI=1S/C15H18N4O2/c1-10-3-4-14(21-2)12(7-10)18-9-11-5-6-17-13(8-11)15(16)19-20/h3-8,18,20H,9H2,1-2H3,(H2,16,19). The van der Waals surface area contributed by atoms with Crippen molar-refractivity contribution in [1.29, 1.82) is 0 Å². The Labute approximate surface area is 123 Å². The molecule has 2 aromatic rings. The number of aryl methyl sites for hydroxylation is 1. The van der Waals surface area contributed by atoms with E-state index < -0.39 is 0 Å². The largest absolute Gasteiger partial charge is 0.495 e. The second kappa shape index (κ2) is 6.60. The smallest absolute Gasteiger partial charge is 0.188 e. The Kier molecular flexibility index (Phi) is 4.61. The molecule has 6 heteroatoms. The maximum absolute atomic E-state index is 8.68. The van der Waals surface area contributed by atoms with E-state index in [1.165, 1.54) is 0 Å². The lowest BCUT2D eigenvalue weighted by Gasteiger charge is -2.12. The summed E-state index contributed by atoms with van der Waals surface area (Å²) in [6.07, 6.45) is 1.62. The van der Waals surface area contributed by atoms with E-state index in [9.17, 15) is 0 Å². The van der Waals surface area contributed by atoms with Crippen molar-refractivity contribution in [3.8, 4) is 5.75 Å². The number of nitrogens with zero attached hydrogens (tertiary/aromatic N) is 2. The van der Waals surface area contributed by atoms with Gasteiger partial charge in [-0.1, -0.05) is 11.2 Å². The van der Waals surface area contributed by atoms with Gasteiger partial charge in [-0.05, 0) is 42.3 Å². The molecule has 1 heterocycles. The maximum atomic E-state index is 8.68. The lowest BCUT2D eigenvalue weighted by Crippen LogP contribution is -2.15. The molecule has 0 aliphatic carbocycles. The van der Waals surface area contributed by atoms with Gasteiger partial charge < -0.3 is 21.0 Å². The Bertz CT molecular complexity index is 656. The molecule has 1 aromatic heterocycles. The van der Waals surface area contributed by atoms with Crippen molar-refractivity contribution in [3.05, 3.63) is 53.3 Å². The molecular weight excluding hydrogens is 268 g/mol. The molecule has 6 nitrogen and oxygen atoms in total. The van der Waals surface area contributed by atoms with E-state index in [-0.39, 0.29) is 5.84 Å². The van der Waals surface area contributed by atoms with Gasteiger partial charge in [0.1, 0.15) is 11.4 Å². The third kappa shape index (κ3) is 3.62. The van der Waals surface area contributed by atoms with Gasteiger partial charge in [-0.15, -0.1) is 0 Å². The fourth-order valence-corrected chi connectivity index (χ4v) is 1.93. The Morgan fingerprint density at radius 3 is 2.90 bits per heavy atom. The molecule has 0 saturated carbocycles. The van der Waals surface area contributed by atoms with E-state index in [0.29, 0.717) is 12.2 Å². The Hall–Kier alpha value is -2.76. The number of hydrogen-bond donors (Lipinski definition) is 3. The van der Waals surface area contributed by atoms with Crippen LogP contribution in [0, 0.1) is 6.92 Å². The number of aromatic nitrogens is 1. The Morgan fingerprint density at radius 1 is 1.38 bits per heavy atom. The SMILES string of the molecule is COc1ccc(C)cc1NCc1ccnc(C(N)=NO)c1. The monoisotopic (exact) mass is 286 g/mol. The third-order valence-electron chi connectivity index (χ3n) is 3.03. The summed E-state index contributed by atoms with van der Waals surface area (Å²) in [5.74, 6) is 0.774. The van der Waals surface area contributed by atoms with Crippen LogP contribution in [-0.2, 0) is 6.54 Å². The lowest BCUT2D eigenvalue weighted by atomic mass is 10.2. The van der Waals surface area contributed by atoms with Gasteiger partial charge in [0.2, 0.25) is 0 Å². The molecule has 21 heavy (non-hydrogen) atoms. The van der Waals surface area contributed by atoms with Crippen molar-refractivity contribution in [3.63, 3.8) is 0 Å². The number of oxime groups is 1. The molecule has 0 fully saturated rings. The highest BCUT2D eigenvalue weighted by molar-refractivity contribution is 5.95. The summed E-state index contributed by atoms with van der Waals surface area (Å²) in [5, 5.41) is 14.9. The molecule has 1 aromatic carbocycles. The highest BCUT2D eigenvalue weighted by atomic mass is 16.5. The minimum absolute atomic E-state index is 0.00927. The average Bonchev–Trinajstić information content (AvgIpc) is 2.52. The second-order valence-electron chi connectivity index (χ2n) is 4.59. The minimum Gasteiger partial charge on any atom is -0.495 e. The average molecular weight is 286 g/mol. The number of rotatable bonds is 5. The zero-order valence-electron chi connectivity index (χ0n) is 12.0. The van der Waals surface area contributed by atoms with E-state index in [4.69, 9.17) is 15.7 Å². The van der Waals surface area contributed by atoms with Crippen molar-refractivity contribution >= 4 is 11.5 Å². The fraction of sp³-hybridized carbons (Fsp3) is 0.200. The number of benzene rings is 1. The van der Waals surface area contributed by atoms with E-state index in [0.717, 1.165) is 22.6 Å². The van der Waals surface area contributed by atoms with E-state index in [1.807, 2.05) is 31.2 Å². The molecule has 0 atom stereocenters. The summed E-state index contributed by atoms with van der Waals surface area (Å²) in [6, 6.07) is 9.57. The van der Waals surface area contributed by atoms with Gasteiger partial charge in [-0.2, -0.15) is 0 Å². The van der Waals surface area contributed by atoms with E-state index in [2.05, 4.69) is 15.5 Å². The van der Waals surface area contributed by atoms with Crippen LogP contribution in [0.3, 0.4) is 0 Å². The normalized spacial score (nSPS) is 11.2. The van der Waals surface area contributed by atoms with Crippen molar-refractivity contribution in [1.82, 2.24) is 4.98 Å². The lowest BCUT2D eigenvalue weighted by molar-refractivity contribution is 0.318. The highest BCUT2D eigenvalue weighted by Crippen LogP contribution is 2.25.